The van der Waals surface area contributed by atoms with Crippen LogP contribution in [0.3, 0.4) is 0 Å². The van der Waals surface area contributed by atoms with Crippen LogP contribution in [0.1, 0.15) is 32.1 Å². The van der Waals surface area contributed by atoms with Gasteiger partial charge in [-0.25, -0.2) is 4.98 Å². The molecule has 1 heterocycles. The van der Waals surface area contributed by atoms with E-state index in [1.54, 1.807) is 0 Å². The van der Waals surface area contributed by atoms with E-state index in [0.717, 1.165) is 17.1 Å². The Morgan fingerprint density at radius 3 is 2.50 bits per heavy atom. The van der Waals surface area contributed by atoms with Crippen LogP contribution in [0.5, 0.6) is 0 Å². The van der Waals surface area contributed by atoms with Gasteiger partial charge in [0.25, 0.3) is 0 Å². The van der Waals surface area contributed by atoms with Crippen molar-refractivity contribution < 1.29 is 0 Å². The van der Waals surface area contributed by atoms with Gasteiger partial charge in [-0.2, -0.15) is 4.98 Å². The Labute approximate surface area is 119 Å². The summed E-state index contributed by atoms with van der Waals surface area (Å²) in [6.45, 7) is 0. The quantitative estimate of drug-likeness (QED) is 0.894. The number of nitrogen functional groups attached to an aromatic ring is 1. The number of hydrogen-bond acceptors (Lipinski definition) is 4. The Balaban J connectivity index is 1.83. The minimum absolute atomic E-state index is 0.324. The summed E-state index contributed by atoms with van der Waals surface area (Å²) in [5, 5.41) is 3.50. The standard InChI is InChI=1S/C16H20N4/c17-16-19-14(12-7-3-1-4-8-12)11-15(20-16)18-13-9-5-2-6-10-13/h1,3-4,7-8,11,13H,2,5-6,9-10H2,(H3,17,18,19,20). The van der Waals surface area contributed by atoms with E-state index >= 15 is 0 Å². The van der Waals surface area contributed by atoms with Crippen molar-refractivity contribution in [2.75, 3.05) is 11.1 Å². The molecule has 1 aliphatic rings. The number of anilines is 2. The molecule has 0 unspecified atom stereocenters. The topological polar surface area (TPSA) is 63.8 Å². The van der Waals surface area contributed by atoms with Crippen LogP contribution in [0, 0.1) is 0 Å². The van der Waals surface area contributed by atoms with E-state index in [-0.39, 0.29) is 0 Å². The van der Waals surface area contributed by atoms with Crippen LogP contribution >= 0.6 is 0 Å². The van der Waals surface area contributed by atoms with Gasteiger partial charge in [0.15, 0.2) is 0 Å². The van der Waals surface area contributed by atoms with Crippen molar-refractivity contribution in [3.05, 3.63) is 36.4 Å². The van der Waals surface area contributed by atoms with Crippen LogP contribution in [0.4, 0.5) is 11.8 Å². The Morgan fingerprint density at radius 2 is 1.75 bits per heavy atom. The van der Waals surface area contributed by atoms with Gasteiger partial charge in [0.1, 0.15) is 5.82 Å². The number of aromatic nitrogens is 2. The van der Waals surface area contributed by atoms with E-state index in [9.17, 15) is 0 Å². The molecule has 0 radical (unpaired) electrons. The summed E-state index contributed by atoms with van der Waals surface area (Å²) in [5.74, 6) is 1.16. The Hall–Kier alpha value is -2.10. The molecule has 0 atom stereocenters. The van der Waals surface area contributed by atoms with Crippen molar-refractivity contribution in [3.63, 3.8) is 0 Å². The highest BCUT2D eigenvalue weighted by atomic mass is 15.1. The van der Waals surface area contributed by atoms with Crippen LogP contribution in [0.15, 0.2) is 36.4 Å². The van der Waals surface area contributed by atoms with Crippen LogP contribution < -0.4 is 11.1 Å². The van der Waals surface area contributed by atoms with Crippen LogP contribution in [0.2, 0.25) is 0 Å². The molecule has 0 bridgehead atoms. The second-order valence-corrected chi connectivity index (χ2v) is 5.34. The molecule has 1 aromatic heterocycles. The highest BCUT2D eigenvalue weighted by molar-refractivity contribution is 5.63. The van der Waals surface area contributed by atoms with Crippen molar-refractivity contribution in [2.45, 2.75) is 38.1 Å². The van der Waals surface area contributed by atoms with Crippen molar-refractivity contribution in [1.29, 1.82) is 0 Å². The zero-order valence-corrected chi connectivity index (χ0v) is 11.5. The van der Waals surface area contributed by atoms with Gasteiger partial charge in [0.2, 0.25) is 5.95 Å². The molecule has 20 heavy (non-hydrogen) atoms. The first-order valence-corrected chi connectivity index (χ1v) is 7.28. The van der Waals surface area contributed by atoms with Gasteiger partial charge >= 0.3 is 0 Å². The van der Waals surface area contributed by atoms with Crippen molar-refractivity contribution in [3.8, 4) is 11.3 Å². The predicted octanol–water partition coefficient (Wildman–Crippen LogP) is 3.47. The SMILES string of the molecule is Nc1nc(NC2CCCCC2)cc(-c2ccccc2)n1. The molecule has 2 aromatic rings. The van der Waals surface area contributed by atoms with Gasteiger partial charge in [-0.3, -0.25) is 0 Å². The van der Waals surface area contributed by atoms with Crippen molar-refractivity contribution >= 4 is 11.8 Å². The molecule has 3 rings (SSSR count). The number of nitrogens with one attached hydrogen (secondary N) is 1. The zero-order chi connectivity index (χ0) is 13.8. The van der Waals surface area contributed by atoms with Crippen molar-refractivity contribution in [1.82, 2.24) is 9.97 Å². The summed E-state index contributed by atoms with van der Waals surface area (Å²) in [6, 6.07) is 12.6. The van der Waals surface area contributed by atoms with E-state index in [0.29, 0.717) is 12.0 Å². The fourth-order valence-corrected chi connectivity index (χ4v) is 2.75. The molecule has 4 heteroatoms. The molecule has 1 aromatic carbocycles. The molecule has 3 N–H and O–H groups in total. The predicted molar refractivity (Wildman–Crippen MR) is 82.4 cm³/mol. The average molecular weight is 268 g/mol. The van der Waals surface area contributed by atoms with Gasteiger partial charge in [-0.1, -0.05) is 49.6 Å². The highest BCUT2D eigenvalue weighted by Crippen LogP contribution is 2.24. The summed E-state index contributed by atoms with van der Waals surface area (Å²) >= 11 is 0. The Morgan fingerprint density at radius 1 is 1.00 bits per heavy atom. The van der Waals surface area contributed by atoms with E-state index in [2.05, 4.69) is 15.3 Å². The minimum Gasteiger partial charge on any atom is -0.368 e. The third-order valence-corrected chi connectivity index (χ3v) is 3.77. The number of hydrogen-bond donors (Lipinski definition) is 2. The normalized spacial score (nSPS) is 16.0. The van der Waals surface area contributed by atoms with Crippen LogP contribution in [-0.4, -0.2) is 16.0 Å². The summed E-state index contributed by atoms with van der Waals surface area (Å²) in [5.41, 5.74) is 7.77. The Kier molecular flexibility index (Phi) is 3.81. The lowest BCUT2D eigenvalue weighted by Gasteiger charge is -2.23. The molecular weight excluding hydrogens is 248 g/mol. The maximum Gasteiger partial charge on any atom is 0.222 e. The maximum absolute atomic E-state index is 5.84. The molecule has 1 saturated carbocycles. The molecule has 0 saturated heterocycles. The fraction of sp³-hybridized carbons (Fsp3) is 0.375. The molecule has 1 aliphatic carbocycles. The van der Waals surface area contributed by atoms with E-state index in [4.69, 9.17) is 5.73 Å². The largest absolute Gasteiger partial charge is 0.368 e. The molecule has 1 fully saturated rings. The van der Waals surface area contributed by atoms with E-state index in [1.807, 2.05) is 36.4 Å². The van der Waals surface area contributed by atoms with Crippen LogP contribution in [-0.2, 0) is 0 Å². The van der Waals surface area contributed by atoms with Crippen LogP contribution in [0.25, 0.3) is 11.3 Å². The summed E-state index contributed by atoms with van der Waals surface area (Å²) < 4.78 is 0. The van der Waals surface area contributed by atoms with E-state index < -0.39 is 0 Å². The van der Waals surface area contributed by atoms with Crippen molar-refractivity contribution in [2.24, 2.45) is 0 Å². The lowest BCUT2D eigenvalue weighted by molar-refractivity contribution is 0.462. The number of nitrogens with two attached hydrogens (primary N) is 1. The first kappa shape index (κ1) is 12.9. The molecule has 104 valence electrons. The van der Waals surface area contributed by atoms with E-state index in [1.165, 1.54) is 32.1 Å². The fourth-order valence-electron chi connectivity index (χ4n) is 2.75. The molecule has 0 aliphatic heterocycles. The molecule has 0 amide bonds. The second-order valence-electron chi connectivity index (χ2n) is 5.34. The number of rotatable bonds is 3. The zero-order valence-electron chi connectivity index (χ0n) is 11.5. The van der Waals surface area contributed by atoms with Gasteiger partial charge < -0.3 is 11.1 Å². The smallest absolute Gasteiger partial charge is 0.222 e. The monoisotopic (exact) mass is 268 g/mol. The third-order valence-electron chi connectivity index (χ3n) is 3.77. The average Bonchev–Trinajstić information content (AvgIpc) is 2.49. The number of benzene rings is 1. The maximum atomic E-state index is 5.84. The summed E-state index contributed by atoms with van der Waals surface area (Å²) in [4.78, 5) is 8.63. The van der Waals surface area contributed by atoms with Gasteiger partial charge in [0, 0.05) is 17.7 Å². The minimum atomic E-state index is 0.324. The lowest BCUT2D eigenvalue weighted by atomic mass is 9.95. The number of nitrogens with zero attached hydrogens (tertiary/aromatic N) is 2. The second kappa shape index (κ2) is 5.90. The highest BCUT2D eigenvalue weighted by Gasteiger charge is 2.14. The summed E-state index contributed by atoms with van der Waals surface area (Å²) in [7, 11) is 0. The van der Waals surface area contributed by atoms with Gasteiger partial charge in [-0.15, -0.1) is 0 Å². The molecular formula is C16H20N4. The first-order chi connectivity index (χ1) is 9.81. The van der Waals surface area contributed by atoms with Gasteiger partial charge in [0.05, 0.1) is 5.69 Å². The van der Waals surface area contributed by atoms with Gasteiger partial charge in [-0.05, 0) is 12.8 Å². The Bertz CT molecular complexity index is 562. The summed E-state index contributed by atoms with van der Waals surface area (Å²) in [6.07, 6.45) is 6.36. The third kappa shape index (κ3) is 3.07. The first-order valence-electron chi connectivity index (χ1n) is 7.28. The molecule has 4 nitrogen and oxygen atoms in total. The molecule has 0 spiro atoms. The lowest BCUT2D eigenvalue weighted by Crippen LogP contribution is -2.23.